The van der Waals surface area contributed by atoms with E-state index in [4.69, 9.17) is 16.7 Å². The van der Waals surface area contributed by atoms with Crippen LogP contribution in [-0.4, -0.2) is 35.6 Å². The van der Waals surface area contributed by atoms with E-state index in [0.29, 0.717) is 4.96 Å². The van der Waals surface area contributed by atoms with Crippen molar-refractivity contribution in [2.24, 2.45) is 0 Å². The van der Waals surface area contributed by atoms with Crippen molar-refractivity contribution >= 4 is 37.9 Å². The first-order chi connectivity index (χ1) is 7.92. The quantitative estimate of drug-likeness (QED) is 0.870. The molecule has 0 aromatic carbocycles. The van der Waals surface area contributed by atoms with E-state index in [-0.39, 0.29) is 16.7 Å². The van der Waals surface area contributed by atoms with Crippen molar-refractivity contribution in [3.8, 4) is 0 Å². The Labute approximate surface area is 107 Å². The molecule has 0 radical (unpaired) electrons. The SMILES string of the molecule is C[C@H](O)CNS(=O)(=O)c1c(Cl)nc2sccn12. The van der Waals surface area contributed by atoms with Crippen molar-refractivity contribution in [1.29, 1.82) is 0 Å². The first-order valence-electron chi connectivity index (χ1n) is 4.70. The lowest BCUT2D eigenvalue weighted by atomic mass is 10.4. The van der Waals surface area contributed by atoms with Crippen LogP contribution < -0.4 is 4.72 Å². The summed E-state index contributed by atoms with van der Waals surface area (Å²) in [5.74, 6) is 0. The highest BCUT2D eigenvalue weighted by atomic mass is 35.5. The molecule has 0 bridgehead atoms. The summed E-state index contributed by atoms with van der Waals surface area (Å²) in [6.45, 7) is 1.41. The van der Waals surface area contributed by atoms with E-state index in [1.807, 2.05) is 0 Å². The molecule has 2 aromatic rings. The Kier molecular flexibility index (Phi) is 3.41. The van der Waals surface area contributed by atoms with Gasteiger partial charge in [-0.25, -0.2) is 18.1 Å². The second-order valence-electron chi connectivity index (χ2n) is 3.46. The lowest BCUT2D eigenvalue weighted by Gasteiger charge is -2.07. The molecule has 17 heavy (non-hydrogen) atoms. The lowest BCUT2D eigenvalue weighted by Crippen LogP contribution is -2.31. The molecule has 0 spiro atoms. The fourth-order valence-corrected chi connectivity index (χ4v) is 3.85. The standard InChI is InChI=1S/C8H10ClN3O3S2/c1-5(13)4-10-17(14,15)7-6(9)11-8-12(7)2-3-16-8/h2-3,5,10,13H,4H2,1H3/t5-/m0/s1. The van der Waals surface area contributed by atoms with Crippen molar-refractivity contribution in [3.63, 3.8) is 0 Å². The normalized spacial score (nSPS) is 14.3. The van der Waals surface area contributed by atoms with Crippen LogP contribution in [0.15, 0.2) is 16.6 Å². The average molecular weight is 296 g/mol. The molecule has 6 nitrogen and oxygen atoms in total. The fraction of sp³-hybridized carbons (Fsp3) is 0.375. The molecule has 2 rings (SSSR count). The van der Waals surface area contributed by atoms with Gasteiger partial charge in [-0.15, -0.1) is 11.3 Å². The molecule has 0 amide bonds. The minimum atomic E-state index is -3.77. The van der Waals surface area contributed by atoms with E-state index in [1.165, 1.54) is 22.7 Å². The van der Waals surface area contributed by atoms with E-state index in [2.05, 4.69) is 9.71 Å². The molecule has 2 N–H and O–H groups in total. The third-order valence-corrected chi connectivity index (χ3v) is 4.58. The second kappa shape index (κ2) is 4.54. The van der Waals surface area contributed by atoms with Crippen molar-refractivity contribution in [1.82, 2.24) is 14.1 Å². The van der Waals surface area contributed by atoms with E-state index in [9.17, 15) is 8.42 Å². The fourth-order valence-electron chi connectivity index (χ4n) is 1.28. The van der Waals surface area contributed by atoms with Gasteiger partial charge in [0.25, 0.3) is 10.0 Å². The maximum absolute atomic E-state index is 12.0. The second-order valence-corrected chi connectivity index (χ2v) is 6.38. The maximum Gasteiger partial charge on any atom is 0.259 e. The number of nitrogens with one attached hydrogen (secondary N) is 1. The van der Waals surface area contributed by atoms with Crippen molar-refractivity contribution < 1.29 is 13.5 Å². The number of halogens is 1. The highest BCUT2D eigenvalue weighted by molar-refractivity contribution is 7.89. The molecular weight excluding hydrogens is 286 g/mol. The van der Waals surface area contributed by atoms with Crippen LogP contribution in [-0.2, 0) is 10.0 Å². The number of hydrogen-bond donors (Lipinski definition) is 2. The van der Waals surface area contributed by atoms with Crippen LogP contribution in [0.5, 0.6) is 0 Å². The monoisotopic (exact) mass is 295 g/mol. The summed E-state index contributed by atoms with van der Waals surface area (Å²) < 4.78 is 27.6. The third-order valence-electron chi connectivity index (χ3n) is 2.00. The summed E-state index contributed by atoms with van der Waals surface area (Å²) in [4.78, 5) is 4.44. The minimum absolute atomic E-state index is 0.0734. The summed E-state index contributed by atoms with van der Waals surface area (Å²) in [6.07, 6.45) is 0.810. The topological polar surface area (TPSA) is 83.7 Å². The number of imidazole rings is 1. The van der Waals surface area contributed by atoms with Crippen LogP contribution in [0.3, 0.4) is 0 Å². The number of sulfonamides is 1. The predicted octanol–water partition coefficient (Wildman–Crippen LogP) is 0.708. The smallest absolute Gasteiger partial charge is 0.259 e. The van der Waals surface area contributed by atoms with Crippen LogP contribution in [0.2, 0.25) is 5.15 Å². The zero-order valence-corrected chi connectivity index (χ0v) is 11.2. The Bertz CT molecular complexity index is 632. The van der Waals surface area contributed by atoms with E-state index in [0.717, 1.165) is 0 Å². The number of nitrogens with zero attached hydrogens (tertiary/aromatic N) is 2. The predicted molar refractivity (Wildman–Crippen MR) is 64.9 cm³/mol. The third kappa shape index (κ3) is 2.45. The molecule has 0 saturated heterocycles. The van der Waals surface area contributed by atoms with Gasteiger partial charge in [0.05, 0.1) is 6.10 Å². The number of fused-ring (bicyclic) bond motifs is 1. The Morgan fingerprint density at radius 1 is 1.71 bits per heavy atom. The summed E-state index contributed by atoms with van der Waals surface area (Å²) in [5, 5.41) is 10.6. The lowest BCUT2D eigenvalue weighted by molar-refractivity contribution is 0.198. The largest absolute Gasteiger partial charge is 0.392 e. The van der Waals surface area contributed by atoms with Crippen molar-refractivity contribution in [2.45, 2.75) is 18.1 Å². The van der Waals surface area contributed by atoms with Crippen LogP contribution in [0, 0.1) is 0 Å². The molecule has 0 saturated carbocycles. The molecule has 0 aliphatic heterocycles. The molecular formula is C8H10ClN3O3S2. The Morgan fingerprint density at radius 3 is 3.06 bits per heavy atom. The number of hydrogen-bond acceptors (Lipinski definition) is 5. The highest BCUT2D eigenvalue weighted by Crippen LogP contribution is 2.24. The number of aromatic nitrogens is 2. The van der Waals surface area contributed by atoms with Gasteiger partial charge in [0, 0.05) is 18.1 Å². The van der Waals surface area contributed by atoms with Crippen LogP contribution in [0.1, 0.15) is 6.92 Å². The van der Waals surface area contributed by atoms with Gasteiger partial charge >= 0.3 is 0 Å². The Balaban J connectivity index is 2.44. The molecule has 0 fully saturated rings. The molecule has 0 aliphatic rings. The molecule has 1 atom stereocenters. The number of rotatable bonds is 4. The zero-order valence-electron chi connectivity index (χ0n) is 8.79. The van der Waals surface area contributed by atoms with Gasteiger partial charge < -0.3 is 5.11 Å². The molecule has 9 heteroatoms. The number of aliphatic hydroxyl groups is 1. The number of aliphatic hydroxyl groups excluding tert-OH is 1. The van der Waals surface area contributed by atoms with Gasteiger partial charge in [0.1, 0.15) is 0 Å². The van der Waals surface area contributed by atoms with Gasteiger partial charge in [-0.2, -0.15) is 0 Å². The molecule has 94 valence electrons. The first-order valence-corrected chi connectivity index (χ1v) is 7.44. The Morgan fingerprint density at radius 2 is 2.41 bits per heavy atom. The van der Waals surface area contributed by atoms with Crippen LogP contribution >= 0.6 is 22.9 Å². The zero-order chi connectivity index (χ0) is 12.6. The molecule has 2 heterocycles. The minimum Gasteiger partial charge on any atom is -0.392 e. The van der Waals surface area contributed by atoms with Gasteiger partial charge in [0.2, 0.25) is 0 Å². The highest BCUT2D eigenvalue weighted by Gasteiger charge is 2.24. The van der Waals surface area contributed by atoms with Gasteiger partial charge in [-0.3, -0.25) is 4.40 Å². The Hall–Kier alpha value is -0.670. The van der Waals surface area contributed by atoms with Crippen molar-refractivity contribution in [2.75, 3.05) is 6.54 Å². The van der Waals surface area contributed by atoms with Gasteiger partial charge in [-0.05, 0) is 6.92 Å². The maximum atomic E-state index is 12.0. The molecule has 0 unspecified atom stereocenters. The van der Waals surface area contributed by atoms with Crippen LogP contribution in [0.25, 0.3) is 4.96 Å². The van der Waals surface area contributed by atoms with E-state index in [1.54, 1.807) is 11.6 Å². The summed E-state index contributed by atoms with van der Waals surface area (Å²) in [7, 11) is -3.77. The van der Waals surface area contributed by atoms with Crippen LogP contribution in [0.4, 0.5) is 0 Å². The van der Waals surface area contributed by atoms with E-state index >= 15 is 0 Å². The summed E-state index contributed by atoms with van der Waals surface area (Å²) in [5.41, 5.74) is 0. The number of thiazole rings is 1. The van der Waals surface area contributed by atoms with Gasteiger partial charge in [0.15, 0.2) is 15.1 Å². The summed E-state index contributed by atoms with van der Waals surface area (Å²) >= 11 is 7.09. The van der Waals surface area contributed by atoms with E-state index < -0.39 is 16.1 Å². The molecule has 0 aliphatic carbocycles. The first kappa shape index (κ1) is 12.8. The average Bonchev–Trinajstić information content (AvgIpc) is 2.73. The molecule has 2 aromatic heterocycles. The van der Waals surface area contributed by atoms with Gasteiger partial charge in [-0.1, -0.05) is 11.6 Å². The summed E-state index contributed by atoms with van der Waals surface area (Å²) in [6, 6.07) is 0. The van der Waals surface area contributed by atoms with Crippen molar-refractivity contribution in [3.05, 3.63) is 16.7 Å².